The predicted octanol–water partition coefficient (Wildman–Crippen LogP) is 1.85. The van der Waals surface area contributed by atoms with E-state index >= 15 is 0 Å². The van der Waals surface area contributed by atoms with E-state index in [-0.39, 0.29) is 6.04 Å². The van der Waals surface area contributed by atoms with E-state index in [1.54, 1.807) is 0 Å². The van der Waals surface area contributed by atoms with Crippen LogP contribution in [0, 0.1) is 0 Å². The number of para-hydroxylation sites is 1. The van der Waals surface area contributed by atoms with Crippen LogP contribution in [0.3, 0.4) is 0 Å². The van der Waals surface area contributed by atoms with Gasteiger partial charge >= 0.3 is 0 Å². The molecule has 0 aliphatic carbocycles. The molecule has 0 saturated carbocycles. The molecule has 2 N–H and O–H groups in total. The van der Waals surface area contributed by atoms with Crippen molar-refractivity contribution >= 4 is 11.6 Å². The van der Waals surface area contributed by atoms with Gasteiger partial charge in [-0.15, -0.1) is 0 Å². The van der Waals surface area contributed by atoms with Crippen LogP contribution in [0.25, 0.3) is 0 Å². The Labute approximate surface area is 85.3 Å². The summed E-state index contributed by atoms with van der Waals surface area (Å²) in [6.45, 7) is 4.01. The van der Waals surface area contributed by atoms with Crippen molar-refractivity contribution in [3.63, 3.8) is 0 Å². The van der Waals surface area contributed by atoms with Gasteiger partial charge in [0.1, 0.15) is 0 Å². The number of nitrogens with zero attached hydrogens (tertiary/aromatic N) is 2. The van der Waals surface area contributed by atoms with Gasteiger partial charge in [0.15, 0.2) is 5.96 Å². The molecule has 0 saturated heterocycles. The minimum Gasteiger partial charge on any atom is -0.370 e. The first kappa shape index (κ1) is 10.6. The highest BCUT2D eigenvalue weighted by Crippen LogP contribution is 2.10. The van der Waals surface area contributed by atoms with Gasteiger partial charge in [-0.25, -0.2) is 0 Å². The standard InChI is InChI=1S/C11H17N3/c1-9(2)13-11(12)14(3)10-7-5-4-6-8-10/h4-9H,1-3H3,(H2,12,13). The number of benzene rings is 1. The van der Waals surface area contributed by atoms with Crippen LogP contribution in [0.5, 0.6) is 0 Å². The van der Waals surface area contributed by atoms with Crippen LogP contribution in [-0.4, -0.2) is 19.0 Å². The van der Waals surface area contributed by atoms with Crippen molar-refractivity contribution in [1.82, 2.24) is 0 Å². The number of nitrogens with two attached hydrogens (primary N) is 1. The molecule has 0 amide bonds. The number of guanidine groups is 1. The highest BCUT2D eigenvalue weighted by atomic mass is 15.2. The van der Waals surface area contributed by atoms with Gasteiger partial charge in [-0.2, -0.15) is 0 Å². The molecule has 1 aromatic carbocycles. The molecule has 76 valence electrons. The van der Waals surface area contributed by atoms with Crippen molar-refractivity contribution < 1.29 is 0 Å². The zero-order valence-electron chi connectivity index (χ0n) is 8.94. The summed E-state index contributed by atoms with van der Waals surface area (Å²) in [6, 6.07) is 10.2. The molecule has 1 aromatic rings. The Balaban J connectivity index is 2.81. The summed E-state index contributed by atoms with van der Waals surface area (Å²) >= 11 is 0. The van der Waals surface area contributed by atoms with Gasteiger partial charge in [0.05, 0.1) is 0 Å². The summed E-state index contributed by atoms with van der Waals surface area (Å²) in [7, 11) is 1.91. The smallest absolute Gasteiger partial charge is 0.195 e. The van der Waals surface area contributed by atoms with Crippen LogP contribution < -0.4 is 10.6 Å². The van der Waals surface area contributed by atoms with Crippen LogP contribution in [0.1, 0.15) is 13.8 Å². The number of aliphatic imine (C=N–C) groups is 1. The fourth-order valence-corrected chi connectivity index (χ4v) is 1.14. The van der Waals surface area contributed by atoms with Gasteiger partial charge < -0.3 is 10.6 Å². The molecule has 3 heteroatoms. The second-order valence-corrected chi connectivity index (χ2v) is 3.48. The molecule has 0 fully saturated rings. The monoisotopic (exact) mass is 191 g/mol. The van der Waals surface area contributed by atoms with E-state index in [0.29, 0.717) is 5.96 Å². The third-order valence-electron chi connectivity index (χ3n) is 1.88. The minimum atomic E-state index is 0.223. The van der Waals surface area contributed by atoms with E-state index in [1.165, 1.54) is 0 Å². The largest absolute Gasteiger partial charge is 0.370 e. The summed E-state index contributed by atoms with van der Waals surface area (Å²) in [6.07, 6.45) is 0. The third-order valence-corrected chi connectivity index (χ3v) is 1.88. The summed E-state index contributed by atoms with van der Waals surface area (Å²) in [5, 5.41) is 0. The zero-order valence-corrected chi connectivity index (χ0v) is 8.94. The quantitative estimate of drug-likeness (QED) is 0.572. The molecule has 0 radical (unpaired) electrons. The summed E-state index contributed by atoms with van der Waals surface area (Å²) in [5.41, 5.74) is 6.88. The van der Waals surface area contributed by atoms with E-state index in [9.17, 15) is 0 Å². The van der Waals surface area contributed by atoms with Gasteiger partial charge in [-0.1, -0.05) is 18.2 Å². The van der Waals surface area contributed by atoms with Crippen LogP contribution in [0.2, 0.25) is 0 Å². The van der Waals surface area contributed by atoms with Crippen LogP contribution in [0.4, 0.5) is 5.69 Å². The molecule has 0 aliphatic rings. The minimum absolute atomic E-state index is 0.223. The van der Waals surface area contributed by atoms with Crippen molar-refractivity contribution in [2.75, 3.05) is 11.9 Å². The lowest BCUT2D eigenvalue weighted by Gasteiger charge is -2.18. The zero-order chi connectivity index (χ0) is 10.6. The topological polar surface area (TPSA) is 41.6 Å². The number of anilines is 1. The molecule has 0 heterocycles. The van der Waals surface area contributed by atoms with E-state index in [2.05, 4.69) is 4.99 Å². The Kier molecular flexibility index (Phi) is 3.51. The molecule has 0 atom stereocenters. The maximum Gasteiger partial charge on any atom is 0.195 e. The van der Waals surface area contributed by atoms with Crippen molar-refractivity contribution in [3.8, 4) is 0 Å². The fraction of sp³-hybridized carbons (Fsp3) is 0.364. The van der Waals surface area contributed by atoms with Crippen LogP contribution in [-0.2, 0) is 0 Å². The predicted molar refractivity (Wildman–Crippen MR) is 61.6 cm³/mol. The normalized spacial score (nSPS) is 11.9. The van der Waals surface area contributed by atoms with Crippen LogP contribution in [0.15, 0.2) is 35.3 Å². The van der Waals surface area contributed by atoms with E-state index in [4.69, 9.17) is 5.73 Å². The molecular weight excluding hydrogens is 174 g/mol. The molecule has 0 spiro atoms. The Morgan fingerprint density at radius 2 is 1.86 bits per heavy atom. The van der Waals surface area contributed by atoms with Gasteiger partial charge in [-0.05, 0) is 26.0 Å². The first-order chi connectivity index (χ1) is 6.61. The van der Waals surface area contributed by atoms with Crippen molar-refractivity contribution in [1.29, 1.82) is 0 Å². The Morgan fingerprint density at radius 3 is 2.36 bits per heavy atom. The molecule has 0 aliphatic heterocycles. The van der Waals surface area contributed by atoms with Crippen molar-refractivity contribution in [2.45, 2.75) is 19.9 Å². The molecule has 3 nitrogen and oxygen atoms in total. The highest BCUT2D eigenvalue weighted by Gasteiger charge is 2.03. The Hall–Kier alpha value is -1.51. The molecule has 0 bridgehead atoms. The van der Waals surface area contributed by atoms with Crippen molar-refractivity contribution in [3.05, 3.63) is 30.3 Å². The lowest BCUT2D eigenvalue weighted by atomic mass is 10.3. The van der Waals surface area contributed by atoms with Crippen molar-refractivity contribution in [2.24, 2.45) is 10.7 Å². The Morgan fingerprint density at radius 1 is 1.29 bits per heavy atom. The van der Waals surface area contributed by atoms with Gasteiger partial charge in [-0.3, -0.25) is 4.99 Å². The van der Waals surface area contributed by atoms with E-state index in [0.717, 1.165) is 5.69 Å². The number of rotatable bonds is 2. The SMILES string of the molecule is CC(C)N=C(N)N(C)c1ccccc1. The second-order valence-electron chi connectivity index (χ2n) is 3.48. The van der Waals surface area contributed by atoms with Gasteiger partial charge in [0.25, 0.3) is 0 Å². The molecular formula is C11H17N3. The third kappa shape index (κ3) is 2.76. The van der Waals surface area contributed by atoms with Gasteiger partial charge in [0.2, 0.25) is 0 Å². The second kappa shape index (κ2) is 4.65. The molecule has 14 heavy (non-hydrogen) atoms. The van der Waals surface area contributed by atoms with E-state index < -0.39 is 0 Å². The maximum absolute atomic E-state index is 5.83. The molecule has 0 unspecified atom stereocenters. The maximum atomic E-state index is 5.83. The summed E-state index contributed by atoms with van der Waals surface area (Å²) < 4.78 is 0. The first-order valence-electron chi connectivity index (χ1n) is 4.73. The molecule has 1 rings (SSSR count). The number of hydrogen-bond donors (Lipinski definition) is 1. The average Bonchev–Trinajstić information content (AvgIpc) is 2.17. The highest BCUT2D eigenvalue weighted by molar-refractivity contribution is 5.94. The number of hydrogen-bond acceptors (Lipinski definition) is 1. The Bertz CT molecular complexity index is 304. The summed E-state index contributed by atoms with van der Waals surface area (Å²) in [4.78, 5) is 6.15. The summed E-state index contributed by atoms with van der Waals surface area (Å²) in [5.74, 6) is 0.547. The lowest BCUT2D eigenvalue weighted by Crippen LogP contribution is -2.34. The molecule has 0 aromatic heterocycles. The first-order valence-corrected chi connectivity index (χ1v) is 4.73. The van der Waals surface area contributed by atoms with Crippen LogP contribution >= 0.6 is 0 Å². The van der Waals surface area contributed by atoms with Gasteiger partial charge in [0, 0.05) is 18.8 Å². The lowest BCUT2D eigenvalue weighted by molar-refractivity contribution is 0.828. The average molecular weight is 191 g/mol. The van der Waals surface area contributed by atoms with E-state index in [1.807, 2.05) is 56.1 Å². The fourth-order valence-electron chi connectivity index (χ4n) is 1.14.